The van der Waals surface area contributed by atoms with Crippen LogP contribution in [0.2, 0.25) is 5.02 Å². The molecule has 4 aliphatic heterocycles. The molecular formula is C48H60ClN11. The summed E-state index contributed by atoms with van der Waals surface area (Å²) < 4.78 is 2.10. The van der Waals surface area contributed by atoms with Crippen LogP contribution in [0.3, 0.4) is 0 Å². The van der Waals surface area contributed by atoms with Crippen LogP contribution in [0.25, 0.3) is 17.0 Å². The summed E-state index contributed by atoms with van der Waals surface area (Å²) in [4.78, 5) is 19.3. The number of anilines is 5. The van der Waals surface area contributed by atoms with Gasteiger partial charge in [-0.3, -0.25) is 9.58 Å². The smallest absolute Gasteiger partial charge is 0.227 e. The molecule has 11 nitrogen and oxygen atoms in total. The third-order valence-electron chi connectivity index (χ3n) is 14.0. The monoisotopic (exact) mass is 825 g/mol. The summed E-state index contributed by atoms with van der Waals surface area (Å²) in [5, 5.41) is 16.8. The van der Waals surface area contributed by atoms with Gasteiger partial charge in [-0.2, -0.15) is 10.1 Å². The number of piperidine rings is 1. The van der Waals surface area contributed by atoms with Crippen molar-refractivity contribution in [3.63, 3.8) is 0 Å². The summed E-state index contributed by atoms with van der Waals surface area (Å²) in [6, 6.07) is 13.1. The molecule has 1 unspecified atom stereocenters. The van der Waals surface area contributed by atoms with Crippen LogP contribution in [0, 0.1) is 11.3 Å². The molecule has 4 fully saturated rings. The van der Waals surface area contributed by atoms with E-state index in [-0.39, 0.29) is 5.92 Å². The van der Waals surface area contributed by atoms with Gasteiger partial charge in [-0.15, -0.1) is 0 Å². The number of halogens is 1. The molecule has 12 heteroatoms. The van der Waals surface area contributed by atoms with E-state index in [0.717, 1.165) is 122 Å². The summed E-state index contributed by atoms with van der Waals surface area (Å²) in [5.74, 6) is 2.30. The number of piperazine rings is 1. The average molecular weight is 827 g/mol. The molecule has 3 saturated heterocycles. The van der Waals surface area contributed by atoms with Gasteiger partial charge in [0.1, 0.15) is 5.02 Å². The molecule has 6 heterocycles. The minimum atomic E-state index is 0.208. The van der Waals surface area contributed by atoms with Gasteiger partial charge in [-0.05, 0) is 93.2 Å². The number of nitrogens with one attached hydrogen (secondary N) is 3. The molecule has 5 aliphatic rings. The van der Waals surface area contributed by atoms with Gasteiger partial charge in [0.2, 0.25) is 5.95 Å². The Hall–Kier alpha value is -5.26. The van der Waals surface area contributed by atoms with Crippen LogP contribution in [-0.2, 0) is 7.05 Å². The van der Waals surface area contributed by atoms with E-state index in [0.29, 0.717) is 16.3 Å². The first-order valence-electron chi connectivity index (χ1n) is 21.7. The van der Waals surface area contributed by atoms with Crippen molar-refractivity contribution in [2.45, 2.75) is 57.3 Å². The molecule has 1 saturated carbocycles. The number of nitrogens with zero attached hydrogens (tertiary/aromatic N) is 8. The quantitative estimate of drug-likeness (QED) is 0.136. The first kappa shape index (κ1) is 40.2. The maximum absolute atomic E-state index is 6.68. The van der Waals surface area contributed by atoms with Gasteiger partial charge >= 0.3 is 0 Å². The average Bonchev–Trinajstić information content (AvgIpc) is 3.58. The topological polar surface area (TPSA) is 92.7 Å². The molecule has 1 spiro atoms. The zero-order valence-electron chi connectivity index (χ0n) is 35.7. The van der Waals surface area contributed by atoms with Gasteiger partial charge < -0.3 is 30.7 Å². The van der Waals surface area contributed by atoms with E-state index in [1.807, 2.05) is 7.05 Å². The summed E-state index contributed by atoms with van der Waals surface area (Å²) in [5.41, 5.74) is 12.6. The first-order chi connectivity index (χ1) is 29.0. The second-order valence-corrected chi connectivity index (χ2v) is 18.3. The highest BCUT2D eigenvalue weighted by Gasteiger charge is 2.46. The van der Waals surface area contributed by atoms with Crippen molar-refractivity contribution in [1.82, 2.24) is 35.3 Å². The normalized spacial score (nSPS) is 20.9. The van der Waals surface area contributed by atoms with Crippen molar-refractivity contribution >= 4 is 57.4 Å². The van der Waals surface area contributed by atoms with Crippen LogP contribution in [0.15, 0.2) is 97.3 Å². The third kappa shape index (κ3) is 7.78. The van der Waals surface area contributed by atoms with Crippen LogP contribution < -0.4 is 30.7 Å². The molecule has 2 aromatic carbocycles. The zero-order valence-corrected chi connectivity index (χ0v) is 36.4. The number of fused-ring (bicyclic) bond motifs is 2. The number of hydrogen-bond donors (Lipinski definition) is 3. The van der Waals surface area contributed by atoms with Crippen LogP contribution in [0.5, 0.6) is 0 Å². The maximum atomic E-state index is 6.68. The second kappa shape index (κ2) is 16.3. The molecule has 4 aromatic rings. The summed E-state index contributed by atoms with van der Waals surface area (Å²) >= 11 is 6.68. The minimum Gasteiger partial charge on any atom is -0.392 e. The van der Waals surface area contributed by atoms with E-state index < -0.39 is 0 Å². The van der Waals surface area contributed by atoms with Crippen LogP contribution in [0.1, 0.15) is 68.5 Å². The minimum absolute atomic E-state index is 0.208. The van der Waals surface area contributed by atoms with E-state index in [9.17, 15) is 0 Å². The predicted octanol–water partition coefficient (Wildman–Crippen LogP) is 8.93. The van der Waals surface area contributed by atoms with Gasteiger partial charge in [0, 0.05) is 123 Å². The molecule has 1 atom stereocenters. The predicted molar refractivity (Wildman–Crippen MR) is 249 cm³/mol. The lowest BCUT2D eigenvalue weighted by Crippen LogP contribution is -2.58. The number of likely N-dealkylation sites (N-methyl/N-ethyl adjacent to an activating group) is 1. The van der Waals surface area contributed by atoms with Crippen molar-refractivity contribution in [2.24, 2.45) is 18.4 Å². The number of rotatable bonds is 11. The molecule has 0 amide bonds. The zero-order chi connectivity index (χ0) is 41.7. The fourth-order valence-corrected chi connectivity index (χ4v) is 10.4. The van der Waals surface area contributed by atoms with E-state index in [4.69, 9.17) is 21.7 Å². The number of allylic oxidation sites excluding steroid dienone is 4. The Morgan fingerprint density at radius 3 is 2.52 bits per heavy atom. The molecule has 60 heavy (non-hydrogen) atoms. The van der Waals surface area contributed by atoms with Crippen molar-refractivity contribution in [3.05, 3.63) is 114 Å². The SMILES string of the molecule is C=C(CCC1=Cc2cc(Nc3nc(N4CCN(CC5CCC6(CC5)CN(c5cccc7c(C8CCC(=C)NC8=C)nn(C)c57)C6)CC4)ncc3Cl)ccc2N(C)C1=C)NC. The Bertz CT molecular complexity index is 2370. The molecule has 0 bridgehead atoms. The number of hydrogen-bond acceptors (Lipinski definition) is 10. The maximum Gasteiger partial charge on any atom is 0.227 e. The molecule has 2 aromatic heterocycles. The van der Waals surface area contributed by atoms with E-state index in [1.54, 1.807) is 6.20 Å². The van der Waals surface area contributed by atoms with Gasteiger partial charge in [0.25, 0.3) is 0 Å². The Morgan fingerprint density at radius 2 is 1.77 bits per heavy atom. The Balaban J connectivity index is 0.768. The fourth-order valence-electron chi connectivity index (χ4n) is 10.3. The van der Waals surface area contributed by atoms with Gasteiger partial charge in [0.05, 0.1) is 23.1 Å². The number of aromatic nitrogens is 4. The Morgan fingerprint density at radius 1 is 0.983 bits per heavy atom. The largest absolute Gasteiger partial charge is 0.392 e. The lowest BCUT2D eigenvalue weighted by atomic mass is 9.65. The van der Waals surface area contributed by atoms with Crippen LogP contribution >= 0.6 is 11.6 Å². The first-order valence-corrected chi connectivity index (χ1v) is 22.1. The summed E-state index contributed by atoms with van der Waals surface area (Å²) in [6.07, 6.45) is 12.9. The third-order valence-corrected chi connectivity index (χ3v) is 14.2. The van der Waals surface area contributed by atoms with Crippen molar-refractivity contribution in [2.75, 3.05) is 79.9 Å². The molecular weight excluding hydrogens is 766 g/mol. The Kier molecular flexibility index (Phi) is 10.9. The van der Waals surface area contributed by atoms with Crippen LogP contribution in [0.4, 0.5) is 28.8 Å². The van der Waals surface area contributed by atoms with Crippen molar-refractivity contribution < 1.29 is 0 Å². The molecule has 3 N–H and O–H groups in total. The standard InChI is InChI=1S/C48H60ClN11/c1-31(50-5)11-13-36-25-37-26-38(14-16-42(37)56(6)34(36)4)53-46-41(49)27-51-47(54-46)59-23-21-58(22-24-59)28-35-17-19-48(20-18-35)29-60(30-48)43-10-8-9-40-44(55-57(7)45(40)43)39-15-12-32(2)52-33(39)3/h8-10,14,16,25-27,35,39,50,52H,1-4,11-13,15,17-24,28-30H2,5-7H3,(H,51,53,54). The highest BCUT2D eigenvalue weighted by atomic mass is 35.5. The number of para-hydroxylation sites is 1. The van der Waals surface area contributed by atoms with Crippen LogP contribution in [-0.4, -0.2) is 84.6 Å². The fraction of sp³-hybridized carbons (Fsp3) is 0.438. The van der Waals surface area contributed by atoms with Gasteiger partial charge in [0.15, 0.2) is 5.82 Å². The summed E-state index contributed by atoms with van der Waals surface area (Å²) in [7, 11) is 6.08. The van der Waals surface area contributed by atoms with Crippen molar-refractivity contribution in [1.29, 1.82) is 0 Å². The summed E-state index contributed by atoms with van der Waals surface area (Å²) in [6.45, 7) is 24.2. The van der Waals surface area contributed by atoms with Gasteiger partial charge in [-0.1, -0.05) is 50.0 Å². The molecule has 0 radical (unpaired) electrons. The van der Waals surface area contributed by atoms with Gasteiger partial charge in [-0.25, -0.2) is 4.98 Å². The second-order valence-electron chi connectivity index (χ2n) is 17.9. The van der Waals surface area contributed by atoms with E-state index >= 15 is 0 Å². The Labute approximate surface area is 360 Å². The number of aryl methyl sites for hydroxylation is 1. The lowest BCUT2D eigenvalue weighted by molar-refractivity contribution is 0.0891. The van der Waals surface area contributed by atoms with Crippen molar-refractivity contribution in [3.8, 4) is 0 Å². The highest BCUT2D eigenvalue weighted by Crippen LogP contribution is 2.49. The number of benzene rings is 2. The van der Waals surface area contributed by atoms with E-state index in [2.05, 4.69) is 128 Å². The highest BCUT2D eigenvalue weighted by molar-refractivity contribution is 6.32. The molecule has 1 aliphatic carbocycles. The molecule has 9 rings (SSSR count). The molecule has 314 valence electrons. The lowest BCUT2D eigenvalue weighted by Gasteiger charge is -2.55. The van der Waals surface area contributed by atoms with E-state index in [1.165, 1.54) is 54.4 Å².